The maximum Gasteiger partial charge on any atom is 1.00 e. The molecule has 0 fully saturated rings. The Morgan fingerprint density at radius 3 is 2.16 bits per heavy atom. The molecule has 0 spiro atoms. The van der Waals surface area contributed by atoms with Crippen molar-refractivity contribution in [1.29, 1.82) is 0 Å². The second-order valence-electron chi connectivity index (χ2n) is 9.11. The minimum absolute atomic E-state index is 0. The Morgan fingerprint density at radius 2 is 1.63 bits per heavy atom. The van der Waals surface area contributed by atoms with Crippen LogP contribution in [0, 0.1) is 6.92 Å². The summed E-state index contributed by atoms with van der Waals surface area (Å²) in [5.74, 6) is -2.10. The first kappa shape index (κ1) is 49.2. The molecule has 0 amide bonds. The van der Waals surface area contributed by atoms with Crippen molar-refractivity contribution in [2.45, 2.75) is 31.0 Å². The summed E-state index contributed by atoms with van der Waals surface area (Å²) in [6.45, 7) is 2.53. The van der Waals surface area contributed by atoms with E-state index in [0.717, 1.165) is 28.7 Å². The Balaban J connectivity index is 0.00000292. The van der Waals surface area contributed by atoms with Gasteiger partial charge in [-0.15, -0.1) is 10.2 Å². The zero-order chi connectivity index (χ0) is 35.6. The van der Waals surface area contributed by atoms with Crippen molar-refractivity contribution in [3.05, 3.63) is 80.5 Å². The predicted molar refractivity (Wildman–Crippen MR) is 166 cm³/mol. The van der Waals surface area contributed by atoms with E-state index in [0.29, 0.717) is 5.69 Å². The van der Waals surface area contributed by atoms with Gasteiger partial charge in [-0.2, -0.15) is 14.3 Å². The molecule has 0 atom stereocenters. The number of anilines is 4. The third-order valence-corrected chi connectivity index (χ3v) is 7.66. The maximum atomic E-state index is 12.9. The number of azo groups is 1. The molecule has 2 aromatic carbocycles. The zero-order valence-corrected chi connectivity index (χ0v) is 36.4. The van der Waals surface area contributed by atoms with Gasteiger partial charge in [0.05, 0.1) is 20.8 Å². The van der Waals surface area contributed by atoms with Gasteiger partial charge >= 0.3 is 94.4 Å². The summed E-state index contributed by atoms with van der Waals surface area (Å²) in [5, 5.41) is 35.2. The molecule has 0 saturated carbocycles. The summed E-state index contributed by atoms with van der Waals surface area (Å²) in [5.41, 5.74) is -2.68. The van der Waals surface area contributed by atoms with Gasteiger partial charge in [-0.1, -0.05) is 18.2 Å². The smallest absolute Gasteiger partial charge is 0.748 e. The molecule has 0 saturated heterocycles. The van der Waals surface area contributed by atoms with Crippen LogP contribution in [0.15, 0.2) is 73.2 Å². The minimum Gasteiger partial charge on any atom is -0.748 e. The molecule has 258 valence electrons. The van der Waals surface area contributed by atoms with E-state index in [2.05, 4.69) is 45.2 Å². The molecule has 0 unspecified atom stereocenters. The number of aromatic nitrogens is 4. The summed E-state index contributed by atoms with van der Waals surface area (Å²) in [4.78, 5) is 34.5. The SMILES string of the molecule is CCn1c(O)c(CS(=O)(=O)[O-])c(C)c(N=Nc2cc(Nc3nc(Nc4ccccc4)nc(=O)[nH]3)ccc2S(=O)(=O)[O-])c1=O.CSOO[O-].[Na+].[Na+].[Na+]. The van der Waals surface area contributed by atoms with Gasteiger partial charge in [-0.05, 0) is 49.7 Å². The fourth-order valence-corrected chi connectivity index (χ4v) is 5.27. The van der Waals surface area contributed by atoms with Crippen molar-refractivity contribution in [3.8, 4) is 5.88 Å². The van der Waals surface area contributed by atoms with E-state index >= 15 is 0 Å². The minimum atomic E-state index is -5.12. The van der Waals surface area contributed by atoms with Gasteiger partial charge in [0.25, 0.3) is 5.56 Å². The molecule has 2 aromatic heterocycles. The predicted octanol–water partition coefficient (Wildman–Crippen LogP) is -7.29. The monoisotopic (exact) mass is 794 g/mol. The van der Waals surface area contributed by atoms with Crippen molar-refractivity contribution in [2.75, 3.05) is 16.9 Å². The van der Waals surface area contributed by atoms with Crippen molar-refractivity contribution in [3.63, 3.8) is 0 Å². The number of pyridine rings is 1. The number of nitrogens with zero attached hydrogens (tertiary/aromatic N) is 5. The van der Waals surface area contributed by atoms with Crippen LogP contribution in [0.1, 0.15) is 18.1 Å². The van der Waals surface area contributed by atoms with E-state index in [-0.39, 0.29) is 118 Å². The van der Waals surface area contributed by atoms with Gasteiger partial charge in [0.2, 0.25) is 11.9 Å². The largest absolute Gasteiger partial charge is 1.00 e. The van der Waals surface area contributed by atoms with Gasteiger partial charge in [0, 0.05) is 41.8 Å². The Labute approximate surface area is 361 Å². The van der Waals surface area contributed by atoms with Gasteiger partial charge in [-0.3, -0.25) is 19.4 Å². The van der Waals surface area contributed by atoms with Crippen LogP contribution in [-0.4, -0.2) is 56.8 Å². The molecule has 26 heteroatoms. The normalized spacial score (nSPS) is 10.9. The van der Waals surface area contributed by atoms with Gasteiger partial charge in [0.1, 0.15) is 15.8 Å². The van der Waals surface area contributed by atoms with Gasteiger partial charge in [0.15, 0.2) is 11.6 Å². The molecule has 51 heavy (non-hydrogen) atoms. The molecule has 0 aliphatic rings. The Hall–Kier alpha value is -1.75. The van der Waals surface area contributed by atoms with Gasteiger partial charge < -0.3 is 30.1 Å². The first-order chi connectivity index (χ1) is 22.6. The van der Waals surface area contributed by atoms with E-state index < -0.39 is 65.0 Å². The second-order valence-corrected chi connectivity index (χ2v) is 12.3. The molecule has 0 aliphatic heterocycles. The first-order valence-electron chi connectivity index (χ1n) is 13.0. The quantitative estimate of drug-likeness (QED) is 0.0259. The molecule has 20 nitrogen and oxygen atoms in total. The number of hydrogen-bond donors (Lipinski definition) is 4. The number of nitrogens with one attached hydrogen (secondary N) is 3. The third kappa shape index (κ3) is 14.9. The van der Waals surface area contributed by atoms with E-state index in [1.54, 1.807) is 36.6 Å². The van der Waals surface area contributed by atoms with Crippen LogP contribution in [0.2, 0.25) is 0 Å². The van der Waals surface area contributed by atoms with E-state index in [9.17, 15) is 40.6 Å². The van der Waals surface area contributed by atoms with E-state index in [1.807, 2.05) is 0 Å². The number of hydrogen-bond acceptors (Lipinski definition) is 19. The van der Waals surface area contributed by atoms with Crippen LogP contribution in [0.5, 0.6) is 5.88 Å². The molecule has 0 radical (unpaired) electrons. The molecule has 4 aromatic rings. The fourth-order valence-electron chi connectivity index (χ4n) is 3.92. The van der Waals surface area contributed by atoms with Crippen LogP contribution in [0.4, 0.5) is 34.6 Å². The number of aromatic hydroxyl groups is 1. The molecule has 4 N–H and O–H groups in total. The Morgan fingerprint density at radius 1 is 0.980 bits per heavy atom. The molecular formula is C25H25N8Na3O12S3. The van der Waals surface area contributed by atoms with Crippen LogP contribution in [0.3, 0.4) is 0 Å². The van der Waals surface area contributed by atoms with E-state index in [4.69, 9.17) is 5.26 Å². The van der Waals surface area contributed by atoms with Gasteiger partial charge in [-0.25, -0.2) is 21.6 Å². The van der Waals surface area contributed by atoms with E-state index in [1.165, 1.54) is 19.9 Å². The van der Waals surface area contributed by atoms with Crippen LogP contribution in [-0.2, 0) is 41.9 Å². The fraction of sp³-hybridized carbons (Fsp3) is 0.200. The standard InChI is InChI=1S/C24H24N8O9S2.CH4O3S.3Na/c1-3-32-20(33)16(12-42(36,37)38)13(2)19(21(32)34)31-30-17-11-15(9-10-18(17)43(39,40)41)26-23-27-22(28-24(35)29-23)25-14-7-5-4-6-8-14;1-5-4-3-2;;;/h4-11,33H,3,12H2,1-2H3,(H,36,37,38)(H,39,40,41)(H3,25,26,27,28,29,35);2H,1H3;;;/q;;3*+1/p-3. The Bertz CT molecular complexity index is 2140. The molecule has 2 heterocycles. The molecule has 4 rings (SSSR count). The number of H-pyrrole nitrogens is 1. The number of rotatable bonds is 12. The number of aromatic amines is 1. The Kier molecular flexibility index (Phi) is 21.7. The average molecular weight is 795 g/mol. The average Bonchev–Trinajstić information content (AvgIpc) is 2.99. The summed E-state index contributed by atoms with van der Waals surface area (Å²) in [6.07, 6.45) is 1.58. The summed E-state index contributed by atoms with van der Waals surface area (Å²) < 4.78 is 74.5. The second kappa shape index (κ2) is 22.5. The van der Waals surface area contributed by atoms with Crippen LogP contribution < -0.4 is 116 Å². The van der Waals surface area contributed by atoms with Crippen LogP contribution in [0.25, 0.3) is 0 Å². The summed E-state index contributed by atoms with van der Waals surface area (Å²) in [6, 6.07) is 11.9. The van der Waals surface area contributed by atoms with Crippen molar-refractivity contribution in [1.82, 2.24) is 19.5 Å². The van der Waals surface area contributed by atoms with Crippen molar-refractivity contribution in [2.24, 2.45) is 10.2 Å². The maximum absolute atomic E-state index is 12.9. The van der Waals surface area contributed by atoms with Crippen molar-refractivity contribution >= 4 is 66.9 Å². The third-order valence-electron chi connectivity index (χ3n) is 5.94. The number of para-hydroxylation sites is 1. The summed E-state index contributed by atoms with van der Waals surface area (Å²) >= 11 is 0.867. The molecular weight excluding hydrogens is 769 g/mol. The topological polar surface area (TPSA) is 306 Å². The zero-order valence-electron chi connectivity index (χ0n) is 27.9. The first-order valence-corrected chi connectivity index (χ1v) is 17.2. The van der Waals surface area contributed by atoms with Crippen LogP contribution >= 0.6 is 12.0 Å². The molecule has 0 aliphatic carbocycles. The number of benzene rings is 2. The summed E-state index contributed by atoms with van der Waals surface area (Å²) in [7, 11) is -10.0. The van der Waals surface area contributed by atoms with Crippen molar-refractivity contribution < 1.29 is 134 Å². The molecule has 0 bridgehead atoms.